The van der Waals surface area contributed by atoms with E-state index in [0.717, 1.165) is 0 Å². The van der Waals surface area contributed by atoms with Gasteiger partial charge in [0.1, 0.15) is 36.6 Å². The Morgan fingerprint density at radius 1 is 0.964 bits per heavy atom. The van der Waals surface area contributed by atoms with Gasteiger partial charge in [-0.15, -0.1) is 0 Å². The van der Waals surface area contributed by atoms with E-state index in [4.69, 9.17) is 18.9 Å². The molecule has 8 heteroatoms. The number of aliphatic hydroxyl groups excluding tert-OH is 2. The van der Waals surface area contributed by atoms with Crippen molar-refractivity contribution in [2.45, 2.75) is 68.8 Å². The van der Waals surface area contributed by atoms with Gasteiger partial charge in [-0.3, -0.25) is 9.59 Å². The number of ether oxygens (including phenoxy) is 4. The minimum Gasteiger partial charge on any atom is -0.498 e. The Labute approximate surface area is 160 Å². The number of aliphatic hydroxyl groups is 2. The Morgan fingerprint density at radius 3 is 2.46 bits per heavy atom. The molecule has 2 bridgehead atoms. The standard InChI is InChI=1S/C20H20O8/c1-4-7-8-9(13(23)16-15(27-16)12(8)22)19(26-4)20-6(3-25-5(2)10(7)20)11(21)14-17(28-14)18(20)24/h3-5,7,10-11,13-17,19,21,23H,1-2H3/t4?,5-,7-,10+,11-,13-,14?,15-,16?,17+,19+,20+/m0/s1. The van der Waals surface area contributed by atoms with E-state index >= 15 is 0 Å². The molecule has 8 nitrogen and oxygen atoms in total. The van der Waals surface area contributed by atoms with Crippen LogP contribution in [0.15, 0.2) is 23.0 Å². The molecule has 0 amide bonds. The Kier molecular flexibility index (Phi) is 2.67. The zero-order valence-corrected chi connectivity index (χ0v) is 15.3. The normalized spacial score (nSPS) is 60.0. The highest BCUT2D eigenvalue weighted by Gasteiger charge is 2.78. The lowest BCUT2D eigenvalue weighted by Gasteiger charge is -2.63. The third kappa shape index (κ3) is 1.47. The van der Waals surface area contributed by atoms with Crippen molar-refractivity contribution in [3.05, 3.63) is 23.0 Å². The second-order valence-corrected chi connectivity index (χ2v) is 9.09. The summed E-state index contributed by atoms with van der Waals surface area (Å²) in [7, 11) is 0. The molecule has 5 aliphatic heterocycles. The number of Topliss-reactive ketones (excluding diaryl/α,β-unsaturated/α-hetero) is 2. The molecule has 0 aromatic heterocycles. The number of carbonyl (C=O) groups excluding carboxylic acids is 2. The van der Waals surface area contributed by atoms with Gasteiger partial charge in [-0.05, 0) is 19.4 Å². The largest absolute Gasteiger partial charge is 0.498 e. The second-order valence-electron chi connectivity index (χ2n) is 9.09. The van der Waals surface area contributed by atoms with Crippen LogP contribution in [0.1, 0.15) is 13.8 Å². The zero-order chi connectivity index (χ0) is 19.3. The van der Waals surface area contributed by atoms with Crippen molar-refractivity contribution >= 4 is 11.6 Å². The highest BCUT2D eigenvalue weighted by atomic mass is 16.6. The van der Waals surface area contributed by atoms with Gasteiger partial charge in [0.05, 0.1) is 30.0 Å². The first-order valence-corrected chi connectivity index (χ1v) is 9.90. The van der Waals surface area contributed by atoms with E-state index in [0.29, 0.717) is 16.7 Å². The summed E-state index contributed by atoms with van der Waals surface area (Å²) in [6, 6.07) is 0. The highest BCUT2D eigenvalue weighted by molar-refractivity contribution is 6.06. The van der Waals surface area contributed by atoms with E-state index in [1.807, 2.05) is 13.8 Å². The van der Waals surface area contributed by atoms with Crippen LogP contribution in [0.4, 0.5) is 0 Å². The topological polar surface area (TPSA) is 118 Å². The molecule has 148 valence electrons. The van der Waals surface area contributed by atoms with E-state index in [9.17, 15) is 19.8 Å². The Hall–Kier alpha value is -1.58. The predicted octanol–water partition coefficient (Wildman–Crippen LogP) is -0.973. The summed E-state index contributed by atoms with van der Waals surface area (Å²) in [5.41, 5.74) is 0.269. The molecule has 8 rings (SSSR count). The van der Waals surface area contributed by atoms with Gasteiger partial charge in [0.2, 0.25) is 0 Å². The monoisotopic (exact) mass is 388 g/mol. The SMILES string of the molecule is CC1O[C@@H]2C3=C(C(=O)[C@@H]4OC4[C@H]3O)[C@H]1[C@H]1[C@H](C)OC=C3[C@H](O)C4O[C@H]4C(=O)[C@@]312. The molecule has 3 unspecified atom stereocenters. The van der Waals surface area contributed by atoms with Crippen LogP contribution in [0.3, 0.4) is 0 Å². The zero-order valence-electron chi connectivity index (χ0n) is 15.3. The molecule has 0 aromatic carbocycles. The third-order valence-corrected chi connectivity index (χ3v) is 8.00. The maximum Gasteiger partial charge on any atom is 0.190 e. The van der Waals surface area contributed by atoms with Crippen LogP contribution in [-0.4, -0.2) is 76.7 Å². The first-order chi connectivity index (χ1) is 13.4. The number of carbonyl (C=O) groups is 2. The molecular weight excluding hydrogens is 368 g/mol. The van der Waals surface area contributed by atoms with Crippen LogP contribution in [-0.2, 0) is 28.5 Å². The lowest BCUT2D eigenvalue weighted by molar-refractivity contribution is -0.210. The fraction of sp³-hybridized carbons (Fsp3) is 0.700. The van der Waals surface area contributed by atoms with Gasteiger partial charge in [0.15, 0.2) is 11.6 Å². The van der Waals surface area contributed by atoms with Gasteiger partial charge in [0, 0.05) is 23.0 Å². The van der Waals surface area contributed by atoms with Gasteiger partial charge in [-0.1, -0.05) is 0 Å². The van der Waals surface area contributed by atoms with Crippen LogP contribution in [0, 0.1) is 17.3 Å². The molecule has 12 atom stereocenters. The number of ketones is 2. The lowest BCUT2D eigenvalue weighted by atomic mass is 9.45. The molecule has 28 heavy (non-hydrogen) atoms. The number of rotatable bonds is 0. The van der Waals surface area contributed by atoms with E-state index in [2.05, 4.69) is 0 Å². The molecule has 0 aromatic rings. The maximum absolute atomic E-state index is 13.7. The van der Waals surface area contributed by atoms with Crippen LogP contribution < -0.4 is 0 Å². The predicted molar refractivity (Wildman–Crippen MR) is 88.8 cm³/mol. The Balaban J connectivity index is 1.52. The average Bonchev–Trinajstić information content (AvgIpc) is 3.57. The van der Waals surface area contributed by atoms with Crippen LogP contribution in [0.25, 0.3) is 0 Å². The van der Waals surface area contributed by atoms with Crippen LogP contribution in [0.5, 0.6) is 0 Å². The average molecular weight is 388 g/mol. The van der Waals surface area contributed by atoms with Crippen molar-refractivity contribution in [1.29, 1.82) is 0 Å². The summed E-state index contributed by atoms with van der Waals surface area (Å²) < 4.78 is 23.1. The molecule has 2 N–H and O–H groups in total. The van der Waals surface area contributed by atoms with E-state index in [-0.39, 0.29) is 29.7 Å². The minimum absolute atomic E-state index is 0.113. The van der Waals surface area contributed by atoms with E-state index in [1.54, 1.807) is 0 Å². The van der Waals surface area contributed by atoms with Crippen molar-refractivity contribution < 1.29 is 38.7 Å². The van der Waals surface area contributed by atoms with Gasteiger partial charge < -0.3 is 29.2 Å². The molecule has 0 radical (unpaired) electrons. The molecule has 3 aliphatic carbocycles. The lowest BCUT2D eigenvalue weighted by Crippen LogP contribution is -2.72. The minimum atomic E-state index is -1.19. The summed E-state index contributed by atoms with van der Waals surface area (Å²) in [6.45, 7) is 3.77. The Bertz CT molecular complexity index is 921. The van der Waals surface area contributed by atoms with Gasteiger partial charge in [-0.2, -0.15) is 0 Å². The number of fused-ring (bicyclic) bond motifs is 3. The number of epoxide rings is 2. The smallest absolute Gasteiger partial charge is 0.190 e. The van der Waals surface area contributed by atoms with Gasteiger partial charge >= 0.3 is 0 Å². The summed E-state index contributed by atoms with van der Waals surface area (Å²) >= 11 is 0. The number of hydrogen-bond acceptors (Lipinski definition) is 8. The summed E-state index contributed by atoms with van der Waals surface area (Å²) in [4.78, 5) is 26.7. The molecule has 1 saturated carbocycles. The summed E-state index contributed by atoms with van der Waals surface area (Å²) in [5, 5.41) is 21.8. The van der Waals surface area contributed by atoms with Crippen LogP contribution >= 0.6 is 0 Å². The van der Waals surface area contributed by atoms with Gasteiger partial charge in [-0.25, -0.2) is 0 Å². The van der Waals surface area contributed by atoms with Crippen molar-refractivity contribution in [3.8, 4) is 0 Å². The molecule has 1 spiro atoms. The summed E-state index contributed by atoms with van der Waals surface area (Å²) in [5.74, 6) is -1.05. The molecule has 4 fully saturated rings. The first kappa shape index (κ1) is 16.2. The fourth-order valence-corrected chi connectivity index (χ4v) is 6.86. The van der Waals surface area contributed by atoms with E-state index in [1.165, 1.54) is 6.26 Å². The van der Waals surface area contributed by atoms with Crippen molar-refractivity contribution in [1.82, 2.24) is 0 Å². The molecule has 8 aliphatic rings. The third-order valence-electron chi connectivity index (χ3n) is 8.00. The van der Waals surface area contributed by atoms with Crippen molar-refractivity contribution in [2.75, 3.05) is 0 Å². The van der Waals surface area contributed by atoms with E-state index < -0.39 is 54.1 Å². The van der Waals surface area contributed by atoms with Crippen molar-refractivity contribution in [2.24, 2.45) is 17.3 Å². The Morgan fingerprint density at radius 2 is 1.68 bits per heavy atom. The first-order valence-electron chi connectivity index (χ1n) is 9.90. The molecular formula is C20H20O8. The number of hydrogen-bond donors (Lipinski definition) is 2. The quantitative estimate of drug-likeness (QED) is 0.509. The van der Waals surface area contributed by atoms with Crippen molar-refractivity contribution in [3.63, 3.8) is 0 Å². The summed E-state index contributed by atoms with van der Waals surface area (Å²) in [6.07, 6.45) is -4.40. The van der Waals surface area contributed by atoms with Crippen LogP contribution in [0.2, 0.25) is 0 Å². The van der Waals surface area contributed by atoms with Gasteiger partial charge in [0.25, 0.3) is 0 Å². The molecule has 3 saturated heterocycles. The maximum atomic E-state index is 13.7. The second kappa shape index (κ2) is 4.60. The fourth-order valence-electron chi connectivity index (χ4n) is 6.86. The molecule has 5 heterocycles. The highest BCUT2D eigenvalue weighted by Crippen LogP contribution is 2.67.